The van der Waals surface area contributed by atoms with Crippen molar-refractivity contribution in [3.05, 3.63) is 24.3 Å². The van der Waals surface area contributed by atoms with Gasteiger partial charge in [0.15, 0.2) is 0 Å². The predicted molar refractivity (Wildman–Crippen MR) is 87.6 cm³/mol. The molecule has 0 aliphatic rings. The van der Waals surface area contributed by atoms with Gasteiger partial charge in [-0.3, -0.25) is 10.0 Å². The van der Waals surface area contributed by atoms with Crippen LogP contribution in [0, 0.1) is 12.0 Å². The molecule has 0 fully saturated rings. The summed E-state index contributed by atoms with van der Waals surface area (Å²) >= 11 is 1.07. The van der Waals surface area contributed by atoms with E-state index >= 15 is 0 Å². The Morgan fingerprint density at radius 3 is 2.52 bits per heavy atom. The Balaban J connectivity index is 3.18. The fourth-order valence-electron chi connectivity index (χ4n) is 1.64. The largest absolute Gasteiger partial charge is 0.408 e. The lowest BCUT2D eigenvalue weighted by molar-refractivity contribution is -0.131. The maximum Gasteiger partial charge on any atom is 0.280 e. The molecule has 0 bridgehead atoms. The highest BCUT2D eigenvalue weighted by Gasteiger charge is 2.47. The van der Waals surface area contributed by atoms with Gasteiger partial charge in [0.2, 0.25) is 14.7 Å². The van der Waals surface area contributed by atoms with Crippen LogP contribution in [0.2, 0.25) is 0 Å². The van der Waals surface area contributed by atoms with E-state index in [0.29, 0.717) is 12.2 Å². The Labute approximate surface area is 139 Å². The molecule has 1 aromatic carbocycles. The number of hydroxylamine groups is 1. The van der Waals surface area contributed by atoms with Crippen molar-refractivity contribution in [3.63, 3.8) is 0 Å². The molecular formula is C14H18N2O5S2. The predicted octanol–water partition coefficient (Wildman–Crippen LogP) is 0.733. The van der Waals surface area contributed by atoms with Gasteiger partial charge < -0.3 is 10.5 Å². The van der Waals surface area contributed by atoms with E-state index in [-0.39, 0.29) is 10.6 Å². The number of rotatable bonds is 6. The monoisotopic (exact) mass is 358 g/mol. The van der Waals surface area contributed by atoms with Crippen molar-refractivity contribution in [2.45, 2.75) is 23.1 Å². The first kappa shape index (κ1) is 19.3. The summed E-state index contributed by atoms with van der Waals surface area (Å²) in [6.07, 6.45) is 4.70. The molecule has 1 rings (SSSR count). The number of thioether (sulfide) groups is 1. The van der Waals surface area contributed by atoms with Crippen LogP contribution < -0.4 is 16.0 Å². The Morgan fingerprint density at radius 1 is 1.43 bits per heavy atom. The number of nitrogens with one attached hydrogen (secondary N) is 1. The number of carbonyl (C=O) groups excluding carboxylic acids is 1. The van der Waals surface area contributed by atoms with E-state index in [2.05, 4.69) is 12.0 Å². The molecule has 0 saturated carbocycles. The van der Waals surface area contributed by atoms with E-state index < -0.39 is 20.6 Å². The summed E-state index contributed by atoms with van der Waals surface area (Å²) in [6.45, 7) is 1.87. The van der Waals surface area contributed by atoms with Gasteiger partial charge in [-0.15, -0.1) is 0 Å². The summed E-state index contributed by atoms with van der Waals surface area (Å²) in [5, 5.41) is 8.78. The number of nitrogens with two attached hydrogens (primary N) is 1. The van der Waals surface area contributed by atoms with Gasteiger partial charge in [0.1, 0.15) is 11.9 Å². The van der Waals surface area contributed by atoms with Gasteiger partial charge in [0, 0.05) is 12.2 Å². The van der Waals surface area contributed by atoms with E-state index in [4.69, 9.17) is 15.7 Å². The van der Waals surface area contributed by atoms with Gasteiger partial charge >= 0.3 is 0 Å². The van der Waals surface area contributed by atoms with E-state index in [0.717, 1.165) is 11.8 Å². The minimum Gasteiger partial charge on any atom is -0.408 e. The lowest BCUT2D eigenvalue weighted by Crippen LogP contribution is -2.60. The number of benzene rings is 1. The molecule has 1 aromatic rings. The second-order valence-electron chi connectivity index (χ2n) is 4.47. The Bertz CT molecular complexity index is 707. The van der Waals surface area contributed by atoms with E-state index in [1.807, 2.05) is 6.92 Å². The molecule has 4 N–H and O–H groups in total. The molecule has 0 radical (unpaired) electrons. The molecule has 0 saturated heterocycles. The number of hydrogen-bond donors (Lipinski definition) is 3. The van der Waals surface area contributed by atoms with Gasteiger partial charge in [-0.05, 0) is 30.5 Å². The third-order valence-corrected chi connectivity index (χ3v) is 5.98. The van der Waals surface area contributed by atoms with Crippen LogP contribution in [0.4, 0.5) is 0 Å². The average molecular weight is 358 g/mol. The summed E-state index contributed by atoms with van der Waals surface area (Å²) in [7, 11) is -4.22. The fourth-order valence-corrected chi connectivity index (χ4v) is 4.38. The van der Waals surface area contributed by atoms with Crippen LogP contribution in [-0.4, -0.2) is 36.4 Å². The van der Waals surface area contributed by atoms with Crippen molar-refractivity contribution in [1.29, 1.82) is 0 Å². The molecule has 7 nitrogen and oxygen atoms in total. The van der Waals surface area contributed by atoms with Crippen molar-refractivity contribution in [2.24, 2.45) is 5.73 Å². The first-order chi connectivity index (χ1) is 10.8. The zero-order valence-electron chi connectivity index (χ0n) is 12.7. The second-order valence-corrected chi connectivity index (χ2v) is 7.55. The van der Waals surface area contributed by atoms with Crippen LogP contribution in [0.3, 0.4) is 0 Å². The van der Waals surface area contributed by atoms with Crippen molar-refractivity contribution < 1.29 is 23.2 Å². The van der Waals surface area contributed by atoms with Gasteiger partial charge in [-0.1, -0.05) is 12.8 Å². The average Bonchev–Trinajstić information content (AvgIpc) is 2.54. The third-order valence-electron chi connectivity index (χ3n) is 2.88. The van der Waals surface area contributed by atoms with Crippen molar-refractivity contribution >= 4 is 27.5 Å². The maximum absolute atomic E-state index is 12.6. The van der Waals surface area contributed by atoms with Gasteiger partial charge in [0.05, 0.1) is 4.90 Å². The fraction of sp³-hybridized carbons (Fsp3) is 0.357. The van der Waals surface area contributed by atoms with Crippen LogP contribution in [0.25, 0.3) is 0 Å². The van der Waals surface area contributed by atoms with Gasteiger partial charge in [-0.25, -0.2) is 13.9 Å². The zero-order chi connectivity index (χ0) is 17.5. The first-order valence-corrected chi connectivity index (χ1v) is 9.43. The van der Waals surface area contributed by atoms with E-state index in [9.17, 15) is 13.2 Å². The maximum atomic E-state index is 12.6. The molecule has 1 atom stereocenters. The minimum absolute atomic E-state index is 0.159. The van der Waals surface area contributed by atoms with Crippen molar-refractivity contribution in [2.75, 3.05) is 12.0 Å². The zero-order valence-corrected chi connectivity index (χ0v) is 14.3. The molecule has 23 heavy (non-hydrogen) atoms. The Morgan fingerprint density at radius 2 is 2.04 bits per heavy atom. The molecule has 0 aliphatic heterocycles. The third kappa shape index (κ3) is 4.17. The summed E-state index contributed by atoms with van der Waals surface area (Å²) < 4.78 is 30.4. The molecule has 0 heterocycles. The highest BCUT2D eigenvalue weighted by atomic mass is 32.2. The summed E-state index contributed by atoms with van der Waals surface area (Å²) in [4.78, 5) is 9.32. The molecular weight excluding hydrogens is 340 g/mol. The van der Waals surface area contributed by atoms with E-state index in [1.54, 1.807) is 6.26 Å². The molecule has 1 unspecified atom stereocenters. The lowest BCUT2D eigenvalue weighted by atomic mass is 10.3. The Hall–Kier alpha value is -1.73. The molecule has 0 aliphatic carbocycles. The Kier molecular flexibility index (Phi) is 6.90. The van der Waals surface area contributed by atoms with Crippen LogP contribution in [0.15, 0.2) is 29.2 Å². The van der Waals surface area contributed by atoms with Crippen LogP contribution in [0.5, 0.6) is 5.75 Å². The molecule has 126 valence electrons. The van der Waals surface area contributed by atoms with Crippen LogP contribution in [-0.2, 0) is 14.6 Å². The van der Waals surface area contributed by atoms with Crippen LogP contribution in [0.1, 0.15) is 13.3 Å². The molecule has 0 aromatic heterocycles. The topological polar surface area (TPSA) is 119 Å². The standard InChI is InChI=1S/C14H18N2O5S2/c1-3-4-9-21-11-5-7-12(8-6-11)23(19,20)14(15,10-22-2)13(17)16-18/h5-8,18H,3,10,15H2,1-2H3,(H,16,17). The molecule has 0 spiro atoms. The molecule has 9 heteroatoms. The number of sulfone groups is 1. The van der Waals surface area contributed by atoms with E-state index in [1.165, 1.54) is 29.7 Å². The quantitative estimate of drug-likeness (QED) is 0.390. The van der Waals surface area contributed by atoms with Gasteiger partial charge in [0.25, 0.3) is 5.91 Å². The molecule has 1 amide bonds. The SMILES string of the molecule is CCC#COc1ccc(S(=O)(=O)C(N)(CSC)C(=O)NO)cc1. The highest BCUT2D eigenvalue weighted by Crippen LogP contribution is 2.26. The number of hydrogen-bond acceptors (Lipinski definition) is 7. The summed E-state index contributed by atoms with van der Waals surface area (Å²) in [5.41, 5.74) is 7.09. The number of carbonyl (C=O) groups is 1. The van der Waals surface area contributed by atoms with Crippen molar-refractivity contribution in [3.8, 4) is 17.8 Å². The van der Waals surface area contributed by atoms with Crippen LogP contribution >= 0.6 is 11.8 Å². The normalized spacial score (nSPS) is 13.4. The summed E-state index contributed by atoms with van der Waals surface area (Å²) in [6, 6.07) is 5.36. The number of ether oxygens (including phenoxy) is 1. The number of amides is 1. The summed E-state index contributed by atoms with van der Waals surface area (Å²) in [5.74, 6) is 1.66. The van der Waals surface area contributed by atoms with Crippen molar-refractivity contribution in [1.82, 2.24) is 5.48 Å². The lowest BCUT2D eigenvalue weighted by Gasteiger charge is -2.26. The van der Waals surface area contributed by atoms with Gasteiger partial charge in [-0.2, -0.15) is 11.8 Å². The highest BCUT2D eigenvalue weighted by molar-refractivity contribution is 8.00. The minimum atomic E-state index is -4.22. The smallest absolute Gasteiger partial charge is 0.280 e. The first-order valence-electron chi connectivity index (χ1n) is 6.55. The second kappa shape index (κ2) is 8.21.